The number of unbranched alkanes of at least 4 members (excludes halogenated alkanes) is 1. The van der Waals surface area contributed by atoms with Crippen LogP contribution >= 0.6 is 0 Å². The molecule has 2 nitrogen and oxygen atoms in total. The molecule has 1 N–H and O–H groups in total. The number of aliphatic hydroxyl groups excluding tert-OH is 1. The second-order valence-corrected chi connectivity index (χ2v) is 4.98. The Balaban J connectivity index is 2.29. The molecule has 0 radical (unpaired) electrons. The van der Waals surface area contributed by atoms with Gasteiger partial charge >= 0.3 is 0 Å². The van der Waals surface area contributed by atoms with Crippen molar-refractivity contribution in [1.29, 1.82) is 0 Å². The topological polar surface area (TPSA) is 33.1 Å². The smallest absolute Gasteiger partial charge is 0.0822 e. The lowest BCUT2D eigenvalue weighted by molar-refractivity contribution is 0.113. The van der Waals surface area contributed by atoms with E-state index in [4.69, 9.17) is 0 Å². The van der Waals surface area contributed by atoms with Crippen LogP contribution in [0.25, 0.3) is 10.9 Å². The lowest BCUT2D eigenvalue weighted by Crippen LogP contribution is -2.09. The van der Waals surface area contributed by atoms with Crippen LogP contribution in [0.1, 0.15) is 44.8 Å². The van der Waals surface area contributed by atoms with E-state index in [-0.39, 0.29) is 5.92 Å². The molecule has 1 aromatic heterocycles. The highest BCUT2D eigenvalue weighted by molar-refractivity contribution is 5.82. The van der Waals surface area contributed by atoms with Crippen molar-refractivity contribution in [2.75, 3.05) is 0 Å². The molecular formula is C16H21NO. The van der Waals surface area contributed by atoms with Crippen LogP contribution in [0.2, 0.25) is 0 Å². The standard InChI is InChI=1S/C16H21NO/c1-3-4-7-12(2)16(18)14-8-5-10-15-13(14)9-6-11-17-15/h5-6,8-12,16,18H,3-4,7H2,1-2H3. The zero-order valence-corrected chi connectivity index (χ0v) is 11.1. The second kappa shape index (κ2) is 5.96. The molecule has 96 valence electrons. The van der Waals surface area contributed by atoms with Gasteiger partial charge in [0.25, 0.3) is 0 Å². The lowest BCUT2D eigenvalue weighted by Gasteiger charge is -2.20. The van der Waals surface area contributed by atoms with Crippen molar-refractivity contribution in [1.82, 2.24) is 4.98 Å². The zero-order chi connectivity index (χ0) is 13.0. The van der Waals surface area contributed by atoms with E-state index in [0.29, 0.717) is 0 Å². The molecule has 18 heavy (non-hydrogen) atoms. The summed E-state index contributed by atoms with van der Waals surface area (Å²) in [5.74, 6) is 0.288. The first-order valence-corrected chi connectivity index (χ1v) is 6.75. The van der Waals surface area contributed by atoms with Gasteiger partial charge in [-0.3, -0.25) is 4.98 Å². The summed E-state index contributed by atoms with van der Waals surface area (Å²) in [5.41, 5.74) is 1.96. The first-order valence-electron chi connectivity index (χ1n) is 6.75. The average molecular weight is 243 g/mol. The maximum atomic E-state index is 10.5. The highest BCUT2D eigenvalue weighted by Crippen LogP contribution is 2.30. The molecule has 2 unspecified atom stereocenters. The average Bonchev–Trinajstić information content (AvgIpc) is 2.43. The summed E-state index contributed by atoms with van der Waals surface area (Å²) in [5, 5.41) is 11.6. The number of aromatic nitrogens is 1. The van der Waals surface area contributed by atoms with Gasteiger partial charge in [0.1, 0.15) is 0 Å². The van der Waals surface area contributed by atoms with Crippen LogP contribution in [0.4, 0.5) is 0 Å². The third-order valence-electron chi connectivity index (χ3n) is 3.55. The molecule has 1 heterocycles. The Morgan fingerprint density at radius 1 is 1.22 bits per heavy atom. The van der Waals surface area contributed by atoms with Gasteiger partial charge in [-0.2, -0.15) is 0 Å². The summed E-state index contributed by atoms with van der Waals surface area (Å²) in [4.78, 5) is 4.33. The van der Waals surface area contributed by atoms with Crippen molar-refractivity contribution in [3.05, 3.63) is 42.1 Å². The normalized spacial score (nSPS) is 14.6. The fraction of sp³-hybridized carbons (Fsp3) is 0.438. The van der Waals surface area contributed by atoms with Crippen LogP contribution < -0.4 is 0 Å². The van der Waals surface area contributed by atoms with E-state index < -0.39 is 6.10 Å². The highest BCUT2D eigenvalue weighted by Gasteiger charge is 2.18. The largest absolute Gasteiger partial charge is 0.388 e. The Labute approximate surface area is 109 Å². The number of hydrogen-bond donors (Lipinski definition) is 1. The SMILES string of the molecule is CCCCC(C)C(O)c1cccc2ncccc12. The molecule has 1 aromatic carbocycles. The summed E-state index contributed by atoms with van der Waals surface area (Å²) < 4.78 is 0. The molecule has 2 atom stereocenters. The monoisotopic (exact) mass is 243 g/mol. The fourth-order valence-electron chi connectivity index (χ4n) is 2.38. The van der Waals surface area contributed by atoms with E-state index in [0.717, 1.165) is 22.9 Å². The first kappa shape index (κ1) is 13.0. The molecule has 2 rings (SSSR count). The van der Waals surface area contributed by atoms with Crippen LogP contribution in [-0.2, 0) is 0 Å². The molecule has 0 aliphatic carbocycles. The fourth-order valence-corrected chi connectivity index (χ4v) is 2.38. The Morgan fingerprint density at radius 2 is 2.06 bits per heavy atom. The van der Waals surface area contributed by atoms with Gasteiger partial charge in [0.05, 0.1) is 11.6 Å². The maximum Gasteiger partial charge on any atom is 0.0822 e. The zero-order valence-electron chi connectivity index (χ0n) is 11.1. The summed E-state index contributed by atoms with van der Waals surface area (Å²) in [6, 6.07) is 9.93. The predicted octanol–water partition coefficient (Wildman–Crippen LogP) is 4.09. The van der Waals surface area contributed by atoms with Gasteiger partial charge < -0.3 is 5.11 Å². The Morgan fingerprint density at radius 3 is 2.83 bits per heavy atom. The van der Waals surface area contributed by atoms with Gasteiger partial charge in [0.15, 0.2) is 0 Å². The van der Waals surface area contributed by atoms with Gasteiger partial charge in [-0.1, -0.05) is 44.9 Å². The van der Waals surface area contributed by atoms with Crippen molar-refractivity contribution in [3.63, 3.8) is 0 Å². The number of pyridine rings is 1. The van der Waals surface area contributed by atoms with Crippen LogP contribution in [-0.4, -0.2) is 10.1 Å². The van der Waals surface area contributed by atoms with Crippen LogP contribution in [0.15, 0.2) is 36.5 Å². The van der Waals surface area contributed by atoms with Crippen LogP contribution in [0.3, 0.4) is 0 Å². The van der Waals surface area contributed by atoms with E-state index in [9.17, 15) is 5.11 Å². The predicted molar refractivity (Wildman–Crippen MR) is 75.4 cm³/mol. The Bertz CT molecular complexity index is 504. The third kappa shape index (κ3) is 2.70. The first-order chi connectivity index (χ1) is 8.74. The minimum Gasteiger partial charge on any atom is -0.388 e. The molecule has 0 fully saturated rings. The van der Waals surface area contributed by atoms with Crippen molar-refractivity contribution in [3.8, 4) is 0 Å². The summed E-state index contributed by atoms with van der Waals surface area (Å²) in [7, 11) is 0. The highest BCUT2D eigenvalue weighted by atomic mass is 16.3. The Kier molecular flexibility index (Phi) is 4.32. The molecule has 0 aliphatic heterocycles. The lowest BCUT2D eigenvalue weighted by atomic mass is 9.91. The van der Waals surface area contributed by atoms with E-state index in [1.807, 2.05) is 30.3 Å². The molecule has 2 aromatic rings. The van der Waals surface area contributed by atoms with Gasteiger partial charge in [-0.05, 0) is 30.0 Å². The van der Waals surface area contributed by atoms with Gasteiger partial charge in [-0.15, -0.1) is 0 Å². The minimum absolute atomic E-state index is 0.288. The number of nitrogens with zero attached hydrogens (tertiary/aromatic N) is 1. The van der Waals surface area contributed by atoms with Crippen molar-refractivity contribution < 1.29 is 5.11 Å². The molecule has 2 heteroatoms. The molecule has 0 aliphatic rings. The van der Waals surface area contributed by atoms with Crippen LogP contribution in [0, 0.1) is 5.92 Å². The van der Waals surface area contributed by atoms with Crippen molar-refractivity contribution in [2.24, 2.45) is 5.92 Å². The maximum absolute atomic E-state index is 10.5. The van der Waals surface area contributed by atoms with E-state index in [2.05, 4.69) is 18.8 Å². The Hall–Kier alpha value is -1.41. The molecule has 0 spiro atoms. The molecule has 0 bridgehead atoms. The number of fused-ring (bicyclic) bond motifs is 1. The van der Waals surface area contributed by atoms with Crippen LogP contribution in [0.5, 0.6) is 0 Å². The van der Waals surface area contributed by atoms with E-state index in [1.165, 1.54) is 12.8 Å². The summed E-state index contributed by atoms with van der Waals surface area (Å²) >= 11 is 0. The molecular weight excluding hydrogens is 222 g/mol. The second-order valence-electron chi connectivity index (χ2n) is 4.98. The van der Waals surface area contributed by atoms with E-state index in [1.54, 1.807) is 6.20 Å². The number of hydrogen-bond acceptors (Lipinski definition) is 2. The van der Waals surface area contributed by atoms with Crippen molar-refractivity contribution in [2.45, 2.75) is 39.2 Å². The molecule has 0 saturated heterocycles. The minimum atomic E-state index is -0.399. The third-order valence-corrected chi connectivity index (χ3v) is 3.55. The van der Waals surface area contributed by atoms with Gasteiger partial charge in [0.2, 0.25) is 0 Å². The van der Waals surface area contributed by atoms with Crippen molar-refractivity contribution >= 4 is 10.9 Å². The molecule has 0 saturated carbocycles. The number of aliphatic hydroxyl groups is 1. The van der Waals surface area contributed by atoms with E-state index >= 15 is 0 Å². The number of rotatable bonds is 5. The summed E-state index contributed by atoms with van der Waals surface area (Å²) in [6.45, 7) is 4.30. The van der Waals surface area contributed by atoms with Gasteiger partial charge in [0, 0.05) is 11.6 Å². The molecule has 0 amide bonds. The van der Waals surface area contributed by atoms with Gasteiger partial charge in [-0.25, -0.2) is 0 Å². The number of benzene rings is 1. The summed E-state index contributed by atoms with van der Waals surface area (Å²) in [6.07, 6.45) is 4.80. The quantitative estimate of drug-likeness (QED) is 0.857.